The molecule has 0 saturated carbocycles. The van der Waals surface area contributed by atoms with Crippen LogP contribution in [0.5, 0.6) is 0 Å². The van der Waals surface area contributed by atoms with Crippen molar-refractivity contribution >= 4 is 11.9 Å². The predicted octanol–water partition coefficient (Wildman–Crippen LogP) is 2.63. The highest BCUT2D eigenvalue weighted by atomic mass is 16.1. The van der Waals surface area contributed by atoms with Gasteiger partial charge >= 0.3 is 0 Å². The molecule has 4 rings (SSSR count). The third-order valence-corrected chi connectivity index (χ3v) is 3.84. The van der Waals surface area contributed by atoms with Gasteiger partial charge in [-0.05, 0) is 31.4 Å². The lowest BCUT2D eigenvalue weighted by Crippen LogP contribution is -2.45. The van der Waals surface area contributed by atoms with E-state index in [0.717, 1.165) is 37.2 Å². The lowest BCUT2D eigenvalue weighted by atomic mass is 9.84. The molecule has 2 bridgehead atoms. The van der Waals surface area contributed by atoms with Gasteiger partial charge in [-0.25, -0.2) is 0 Å². The second kappa shape index (κ2) is 4.02. The standard InChI is InChI=1S/C15H17NO/c1-11-2-4-12(5-3-11)10-14-15(17)13-6-8-16(14)9-7-13/h2-5,10,13H,6-9H2,1H3/b14-10-. The first kappa shape index (κ1) is 10.6. The number of fused-ring (bicyclic) bond motifs is 3. The first-order valence-corrected chi connectivity index (χ1v) is 6.31. The second-order valence-electron chi connectivity index (χ2n) is 5.07. The number of carbonyl (C=O) groups excluding carboxylic acids is 1. The van der Waals surface area contributed by atoms with Crippen LogP contribution in [0.1, 0.15) is 24.0 Å². The van der Waals surface area contributed by atoms with E-state index in [1.54, 1.807) is 0 Å². The van der Waals surface area contributed by atoms with Crippen LogP contribution in [0.2, 0.25) is 0 Å². The topological polar surface area (TPSA) is 20.3 Å². The van der Waals surface area contributed by atoms with E-state index < -0.39 is 0 Å². The Bertz CT molecular complexity index is 464. The molecule has 1 aromatic carbocycles. The molecule has 3 fully saturated rings. The number of piperidine rings is 3. The summed E-state index contributed by atoms with van der Waals surface area (Å²) in [5, 5.41) is 0. The second-order valence-corrected chi connectivity index (χ2v) is 5.07. The summed E-state index contributed by atoms with van der Waals surface area (Å²) in [7, 11) is 0. The Balaban J connectivity index is 1.93. The Kier molecular flexibility index (Phi) is 2.50. The fraction of sp³-hybridized carbons (Fsp3) is 0.400. The summed E-state index contributed by atoms with van der Waals surface area (Å²) in [6.45, 7) is 4.18. The molecule has 3 saturated heterocycles. The van der Waals surface area contributed by atoms with Crippen molar-refractivity contribution in [3.63, 3.8) is 0 Å². The average molecular weight is 227 g/mol. The number of hydrogen-bond acceptors (Lipinski definition) is 2. The Morgan fingerprint density at radius 1 is 1.18 bits per heavy atom. The van der Waals surface area contributed by atoms with E-state index in [1.165, 1.54) is 5.56 Å². The normalized spacial score (nSPS) is 22.5. The van der Waals surface area contributed by atoms with Crippen LogP contribution in [0.25, 0.3) is 6.08 Å². The van der Waals surface area contributed by atoms with Gasteiger partial charge in [0.2, 0.25) is 0 Å². The van der Waals surface area contributed by atoms with E-state index in [1.807, 2.05) is 6.08 Å². The smallest absolute Gasteiger partial charge is 0.182 e. The summed E-state index contributed by atoms with van der Waals surface area (Å²) in [6.07, 6.45) is 4.14. The highest BCUT2D eigenvalue weighted by molar-refractivity contribution is 6.01. The summed E-state index contributed by atoms with van der Waals surface area (Å²) >= 11 is 0. The molecule has 0 aliphatic carbocycles. The largest absolute Gasteiger partial charge is 0.369 e. The van der Waals surface area contributed by atoms with Crippen molar-refractivity contribution < 1.29 is 4.79 Å². The molecule has 17 heavy (non-hydrogen) atoms. The molecular weight excluding hydrogens is 210 g/mol. The van der Waals surface area contributed by atoms with Gasteiger partial charge < -0.3 is 4.90 Å². The molecule has 3 aliphatic heterocycles. The lowest BCUT2D eigenvalue weighted by molar-refractivity contribution is -0.125. The molecule has 2 nitrogen and oxygen atoms in total. The van der Waals surface area contributed by atoms with Crippen LogP contribution in [-0.2, 0) is 4.79 Å². The maximum atomic E-state index is 12.1. The number of ketones is 1. The first-order valence-electron chi connectivity index (χ1n) is 6.31. The fourth-order valence-corrected chi connectivity index (χ4v) is 2.73. The van der Waals surface area contributed by atoms with Crippen LogP contribution in [0, 0.1) is 12.8 Å². The van der Waals surface area contributed by atoms with E-state index in [2.05, 4.69) is 36.1 Å². The molecule has 0 unspecified atom stereocenters. The molecule has 0 atom stereocenters. The molecule has 0 spiro atoms. The number of nitrogens with zero attached hydrogens (tertiary/aromatic N) is 1. The van der Waals surface area contributed by atoms with Gasteiger partial charge in [0.25, 0.3) is 0 Å². The van der Waals surface area contributed by atoms with Crippen molar-refractivity contribution in [2.45, 2.75) is 19.8 Å². The number of rotatable bonds is 1. The van der Waals surface area contributed by atoms with E-state index in [4.69, 9.17) is 0 Å². The van der Waals surface area contributed by atoms with Gasteiger partial charge in [-0.3, -0.25) is 4.79 Å². The monoisotopic (exact) mass is 227 g/mol. The van der Waals surface area contributed by atoms with Gasteiger partial charge in [0, 0.05) is 19.0 Å². The Morgan fingerprint density at radius 3 is 2.41 bits per heavy atom. The molecule has 0 aromatic heterocycles. The Labute approximate surface area is 102 Å². The Morgan fingerprint density at radius 2 is 1.82 bits per heavy atom. The van der Waals surface area contributed by atoms with Gasteiger partial charge in [0.15, 0.2) is 5.78 Å². The summed E-state index contributed by atoms with van der Waals surface area (Å²) < 4.78 is 0. The van der Waals surface area contributed by atoms with Gasteiger partial charge in [-0.2, -0.15) is 0 Å². The Hall–Kier alpha value is -1.57. The quantitative estimate of drug-likeness (QED) is 0.687. The van der Waals surface area contributed by atoms with Crippen LogP contribution in [0.3, 0.4) is 0 Å². The molecule has 2 heteroatoms. The van der Waals surface area contributed by atoms with Crippen molar-refractivity contribution in [3.8, 4) is 0 Å². The van der Waals surface area contributed by atoms with E-state index in [0.29, 0.717) is 5.78 Å². The summed E-state index contributed by atoms with van der Waals surface area (Å²) in [5.74, 6) is 0.639. The number of hydrogen-bond donors (Lipinski definition) is 0. The predicted molar refractivity (Wildman–Crippen MR) is 68.5 cm³/mol. The molecule has 1 aromatic rings. The van der Waals surface area contributed by atoms with E-state index in [9.17, 15) is 4.79 Å². The molecule has 0 N–H and O–H groups in total. The maximum Gasteiger partial charge on any atom is 0.182 e. The van der Waals surface area contributed by atoms with Gasteiger partial charge in [-0.1, -0.05) is 29.8 Å². The van der Waals surface area contributed by atoms with Gasteiger partial charge in [0.1, 0.15) is 0 Å². The zero-order chi connectivity index (χ0) is 11.8. The fourth-order valence-electron chi connectivity index (χ4n) is 2.73. The van der Waals surface area contributed by atoms with Crippen LogP contribution in [0.15, 0.2) is 30.0 Å². The molecular formula is C15H17NO. The summed E-state index contributed by atoms with van der Waals surface area (Å²) in [4.78, 5) is 14.4. The third kappa shape index (κ3) is 1.88. The number of allylic oxidation sites excluding steroid dienone is 1. The minimum Gasteiger partial charge on any atom is -0.369 e. The van der Waals surface area contributed by atoms with E-state index >= 15 is 0 Å². The SMILES string of the molecule is Cc1ccc(/C=C2/C(=O)C3CCN2CC3)cc1. The summed E-state index contributed by atoms with van der Waals surface area (Å²) in [6, 6.07) is 8.35. The minimum atomic E-state index is 0.289. The zero-order valence-electron chi connectivity index (χ0n) is 10.1. The van der Waals surface area contributed by atoms with Gasteiger partial charge in [0.05, 0.1) is 5.70 Å². The first-order chi connectivity index (χ1) is 8.24. The van der Waals surface area contributed by atoms with Crippen LogP contribution in [0.4, 0.5) is 0 Å². The summed E-state index contributed by atoms with van der Waals surface area (Å²) in [5.41, 5.74) is 3.31. The van der Waals surface area contributed by atoms with Crippen molar-refractivity contribution in [3.05, 3.63) is 41.1 Å². The number of carbonyl (C=O) groups is 1. The number of aryl methyl sites for hydroxylation is 1. The van der Waals surface area contributed by atoms with E-state index in [-0.39, 0.29) is 5.92 Å². The van der Waals surface area contributed by atoms with Crippen molar-refractivity contribution in [2.24, 2.45) is 5.92 Å². The van der Waals surface area contributed by atoms with Crippen molar-refractivity contribution in [2.75, 3.05) is 13.1 Å². The van der Waals surface area contributed by atoms with Crippen LogP contribution < -0.4 is 0 Å². The molecule has 3 aliphatic rings. The lowest BCUT2D eigenvalue weighted by Gasteiger charge is -2.41. The minimum absolute atomic E-state index is 0.289. The number of benzene rings is 1. The molecule has 0 amide bonds. The zero-order valence-corrected chi connectivity index (χ0v) is 10.1. The maximum absolute atomic E-state index is 12.1. The van der Waals surface area contributed by atoms with Crippen LogP contribution >= 0.6 is 0 Å². The highest BCUT2D eigenvalue weighted by Gasteiger charge is 2.36. The molecule has 0 radical (unpaired) electrons. The highest BCUT2D eigenvalue weighted by Crippen LogP contribution is 2.32. The average Bonchev–Trinajstić information content (AvgIpc) is 2.37. The van der Waals surface area contributed by atoms with Gasteiger partial charge in [-0.15, -0.1) is 0 Å². The van der Waals surface area contributed by atoms with Crippen LogP contribution in [-0.4, -0.2) is 23.8 Å². The molecule has 3 heterocycles. The molecule has 88 valence electrons. The third-order valence-electron chi connectivity index (χ3n) is 3.84. The van der Waals surface area contributed by atoms with Crippen molar-refractivity contribution in [1.82, 2.24) is 4.90 Å². The van der Waals surface area contributed by atoms with Crippen molar-refractivity contribution in [1.29, 1.82) is 0 Å². The number of Topliss-reactive ketones (excluding diaryl/α,β-unsaturated/α-hetero) is 1.